The second-order valence-electron chi connectivity index (χ2n) is 5.52. The highest BCUT2D eigenvalue weighted by atomic mass is 35.5. The summed E-state index contributed by atoms with van der Waals surface area (Å²) in [6, 6.07) is 26.3. The molecule has 0 unspecified atom stereocenters. The van der Waals surface area contributed by atoms with Crippen LogP contribution >= 0.6 is 11.6 Å². The SMILES string of the molecule is Clc1ccccc1-c1ccccc1-c1[nH]cnc1-c1ccccc1. The van der Waals surface area contributed by atoms with Crippen LogP contribution in [0, 0.1) is 0 Å². The summed E-state index contributed by atoms with van der Waals surface area (Å²) in [5.74, 6) is 0. The summed E-state index contributed by atoms with van der Waals surface area (Å²) in [4.78, 5) is 7.83. The van der Waals surface area contributed by atoms with Crippen molar-refractivity contribution in [2.24, 2.45) is 0 Å². The lowest BCUT2D eigenvalue weighted by molar-refractivity contribution is 1.31. The van der Waals surface area contributed by atoms with Crippen molar-refractivity contribution >= 4 is 11.6 Å². The van der Waals surface area contributed by atoms with Crippen molar-refractivity contribution in [3.8, 4) is 33.6 Å². The lowest BCUT2D eigenvalue weighted by atomic mass is 9.95. The molecule has 0 radical (unpaired) electrons. The van der Waals surface area contributed by atoms with E-state index in [0.717, 1.165) is 38.7 Å². The fraction of sp³-hybridized carbons (Fsp3) is 0. The number of aromatic nitrogens is 2. The van der Waals surface area contributed by atoms with Crippen molar-refractivity contribution in [2.45, 2.75) is 0 Å². The molecule has 1 aromatic heterocycles. The van der Waals surface area contributed by atoms with Gasteiger partial charge in [0.25, 0.3) is 0 Å². The van der Waals surface area contributed by atoms with Crippen molar-refractivity contribution in [2.75, 3.05) is 0 Å². The summed E-state index contributed by atoms with van der Waals surface area (Å²) < 4.78 is 0. The third kappa shape index (κ3) is 2.61. The molecule has 0 aliphatic heterocycles. The molecule has 24 heavy (non-hydrogen) atoms. The third-order valence-electron chi connectivity index (χ3n) is 4.05. The Morgan fingerprint density at radius 1 is 0.667 bits per heavy atom. The average Bonchev–Trinajstić information content (AvgIpc) is 3.12. The Morgan fingerprint density at radius 3 is 2.04 bits per heavy atom. The van der Waals surface area contributed by atoms with Gasteiger partial charge in [-0.05, 0) is 11.6 Å². The molecule has 2 nitrogen and oxygen atoms in total. The number of H-pyrrole nitrogens is 1. The summed E-state index contributed by atoms with van der Waals surface area (Å²) >= 11 is 6.42. The van der Waals surface area contributed by atoms with Gasteiger partial charge in [-0.3, -0.25) is 0 Å². The quantitative estimate of drug-likeness (QED) is 0.485. The van der Waals surface area contributed by atoms with Crippen LogP contribution in [0.4, 0.5) is 0 Å². The molecule has 0 atom stereocenters. The van der Waals surface area contributed by atoms with Crippen LogP contribution in [-0.4, -0.2) is 9.97 Å². The molecule has 0 aliphatic carbocycles. The van der Waals surface area contributed by atoms with Gasteiger partial charge in [0, 0.05) is 21.7 Å². The molecular formula is C21H15ClN2. The molecular weight excluding hydrogens is 316 g/mol. The lowest BCUT2D eigenvalue weighted by Gasteiger charge is -2.11. The fourth-order valence-corrected chi connectivity index (χ4v) is 3.17. The molecule has 4 rings (SSSR count). The summed E-state index contributed by atoms with van der Waals surface area (Å²) in [7, 11) is 0. The monoisotopic (exact) mass is 330 g/mol. The van der Waals surface area contributed by atoms with E-state index in [-0.39, 0.29) is 0 Å². The second kappa shape index (κ2) is 6.34. The van der Waals surface area contributed by atoms with E-state index in [1.807, 2.05) is 54.6 Å². The highest BCUT2D eigenvalue weighted by Crippen LogP contribution is 2.38. The van der Waals surface area contributed by atoms with E-state index in [0.29, 0.717) is 0 Å². The van der Waals surface area contributed by atoms with Crippen molar-refractivity contribution in [3.05, 3.63) is 90.2 Å². The number of aromatic amines is 1. The molecule has 3 aromatic carbocycles. The molecule has 0 spiro atoms. The number of nitrogens with one attached hydrogen (secondary N) is 1. The number of hydrogen-bond acceptors (Lipinski definition) is 1. The van der Waals surface area contributed by atoms with Crippen LogP contribution in [0.2, 0.25) is 5.02 Å². The van der Waals surface area contributed by atoms with Gasteiger partial charge in [-0.1, -0.05) is 84.4 Å². The largest absolute Gasteiger partial charge is 0.344 e. The molecule has 0 bridgehead atoms. The van der Waals surface area contributed by atoms with Gasteiger partial charge < -0.3 is 4.98 Å². The Kier molecular flexibility index (Phi) is 3.89. The van der Waals surface area contributed by atoms with E-state index in [4.69, 9.17) is 11.6 Å². The summed E-state index contributed by atoms with van der Waals surface area (Å²) in [5.41, 5.74) is 6.21. The molecule has 0 aliphatic rings. The molecule has 1 heterocycles. The summed E-state index contributed by atoms with van der Waals surface area (Å²) in [5, 5.41) is 0.741. The first-order valence-corrected chi connectivity index (χ1v) is 8.15. The number of benzene rings is 3. The fourth-order valence-electron chi connectivity index (χ4n) is 2.93. The van der Waals surface area contributed by atoms with Crippen molar-refractivity contribution in [1.82, 2.24) is 9.97 Å². The van der Waals surface area contributed by atoms with E-state index in [9.17, 15) is 0 Å². The Hall–Kier alpha value is -2.84. The van der Waals surface area contributed by atoms with Gasteiger partial charge in [0.2, 0.25) is 0 Å². The first-order valence-electron chi connectivity index (χ1n) is 7.77. The Labute approximate surface area is 145 Å². The predicted molar refractivity (Wildman–Crippen MR) is 99.9 cm³/mol. The molecule has 1 N–H and O–H groups in total. The molecule has 0 saturated heterocycles. The first-order chi connectivity index (χ1) is 11.8. The number of rotatable bonds is 3. The molecule has 0 amide bonds. The molecule has 4 aromatic rings. The summed E-state index contributed by atoms with van der Waals surface area (Å²) in [6.45, 7) is 0. The predicted octanol–water partition coefficient (Wildman–Crippen LogP) is 6.06. The molecule has 0 fully saturated rings. The standard InChI is InChI=1S/C21H15ClN2/c22-19-13-7-6-11-17(19)16-10-4-5-12-18(16)21-20(23-14-24-21)15-8-2-1-3-9-15/h1-14H,(H,23,24). The zero-order valence-corrected chi connectivity index (χ0v) is 13.7. The average molecular weight is 331 g/mol. The lowest BCUT2D eigenvalue weighted by Crippen LogP contribution is -1.89. The van der Waals surface area contributed by atoms with E-state index in [2.05, 4.69) is 34.2 Å². The smallest absolute Gasteiger partial charge is 0.0961 e. The molecule has 116 valence electrons. The van der Waals surface area contributed by atoms with Gasteiger partial charge in [-0.25, -0.2) is 4.98 Å². The minimum atomic E-state index is 0.741. The maximum atomic E-state index is 6.42. The van der Waals surface area contributed by atoms with E-state index in [1.165, 1.54) is 0 Å². The highest BCUT2D eigenvalue weighted by molar-refractivity contribution is 6.33. The Bertz CT molecular complexity index is 974. The number of hydrogen-bond donors (Lipinski definition) is 1. The van der Waals surface area contributed by atoms with Gasteiger partial charge in [0.15, 0.2) is 0 Å². The van der Waals surface area contributed by atoms with Gasteiger partial charge in [-0.15, -0.1) is 0 Å². The van der Waals surface area contributed by atoms with Crippen LogP contribution in [-0.2, 0) is 0 Å². The van der Waals surface area contributed by atoms with Crippen molar-refractivity contribution in [1.29, 1.82) is 0 Å². The second-order valence-corrected chi connectivity index (χ2v) is 5.92. The van der Waals surface area contributed by atoms with Gasteiger partial charge >= 0.3 is 0 Å². The van der Waals surface area contributed by atoms with Crippen LogP contribution in [0.15, 0.2) is 85.2 Å². The molecule has 3 heteroatoms. The summed E-state index contributed by atoms with van der Waals surface area (Å²) in [6.07, 6.45) is 1.74. The Balaban J connectivity index is 1.92. The number of halogens is 1. The minimum absolute atomic E-state index is 0.741. The first kappa shape index (κ1) is 14.7. The van der Waals surface area contributed by atoms with Crippen LogP contribution in [0.1, 0.15) is 0 Å². The van der Waals surface area contributed by atoms with E-state index >= 15 is 0 Å². The highest BCUT2D eigenvalue weighted by Gasteiger charge is 2.15. The maximum Gasteiger partial charge on any atom is 0.0961 e. The number of nitrogens with zero attached hydrogens (tertiary/aromatic N) is 1. The third-order valence-corrected chi connectivity index (χ3v) is 4.38. The Morgan fingerprint density at radius 2 is 1.29 bits per heavy atom. The van der Waals surface area contributed by atoms with Crippen molar-refractivity contribution < 1.29 is 0 Å². The van der Waals surface area contributed by atoms with Crippen LogP contribution < -0.4 is 0 Å². The van der Waals surface area contributed by atoms with E-state index in [1.54, 1.807) is 6.33 Å². The van der Waals surface area contributed by atoms with Gasteiger partial charge in [-0.2, -0.15) is 0 Å². The minimum Gasteiger partial charge on any atom is -0.344 e. The number of imidazole rings is 1. The van der Waals surface area contributed by atoms with Crippen molar-refractivity contribution in [3.63, 3.8) is 0 Å². The van der Waals surface area contributed by atoms with Crippen LogP contribution in [0.3, 0.4) is 0 Å². The maximum absolute atomic E-state index is 6.42. The zero-order chi connectivity index (χ0) is 16.4. The zero-order valence-electron chi connectivity index (χ0n) is 12.9. The topological polar surface area (TPSA) is 28.7 Å². The van der Waals surface area contributed by atoms with Gasteiger partial charge in [0.1, 0.15) is 0 Å². The van der Waals surface area contributed by atoms with Crippen LogP contribution in [0.5, 0.6) is 0 Å². The van der Waals surface area contributed by atoms with Crippen LogP contribution in [0.25, 0.3) is 33.6 Å². The van der Waals surface area contributed by atoms with E-state index < -0.39 is 0 Å². The normalized spacial score (nSPS) is 10.7. The molecule has 0 saturated carbocycles. The van der Waals surface area contributed by atoms with Gasteiger partial charge in [0.05, 0.1) is 17.7 Å².